The number of rotatable bonds is 3. The lowest BCUT2D eigenvalue weighted by molar-refractivity contribution is -0.134. The van der Waals surface area contributed by atoms with Gasteiger partial charge in [0.1, 0.15) is 18.2 Å². The largest absolute Gasteiger partial charge is 0.358 e. The molecule has 2 aliphatic heterocycles. The van der Waals surface area contributed by atoms with Crippen molar-refractivity contribution in [1.29, 1.82) is 0 Å². The average Bonchev–Trinajstić information content (AvgIpc) is 2.99. The monoisotopic (exact) mass is 330 g/mol. The summed E-state index contributed by atoms with van der Waals surface area (Å²) in [6.07, 6.45) is 3.77. The first-order valence-electron chi connectivity index (χ1n) is 7.94. The van der Waals surface area contributed by atoms with Crippen LogP contribution in [0.1, 0.15) is 26.7 Å². The van der Waals surface area contributed by atoms with Crippen molar-refractivity contribution in [3.8, 4) is 0 Å². The van der Waals surface area contributed by atoms with Gasteiger partial charge in [0.15, 0.2) is 0 Å². The summed E-state index contributed by atoms with van der Waals surface area (Å²) in [5.74, 6) is 1.51. The van der Waals surface area contributed by atoms with E-state index in [1.165, 1.54) is 6.33 Å². The van der Waals surface area contributed by atoms with Gasteiger partial charge in [-0.2, -0.15) is 0 Å². The smallest absolute Gasteiger partial charge is 0.245 e. The summed E-state index contributed by atoms with van der Waals surface area (Å²) in [7, 11) is 0. The fraction of sp³-hybridized carbons (Fsp3) is 0.471. The summed E-state index contributed by atoms with van der Waals surface area (Å²) in [6.45, 7) is 4.97. The quantitative estimate of drug-likeness (QED) is 0.939. The second kappa shape index (κ2) is 5.06. The number of aromatic nitrogens is 2. The third-order valence-corrected chi connectivity index (χ3v) is 5.37. The minimum Gasteiger partial charge on any atom is -0.358 e. The van der Waals surface area contributed by atoms with Gasteiger partial charge in [-0.1, -0.05) is 11.6 Å². The van der Waals surface area contributed by atoms with E-state index in [1.54, 1.807) is 12.1 Å². The standard InChI is InChI=1S/C17H19ClN4O/c1-10(16(23)22-8-11-6-17(22,2)7-11)21-15-13-4-3-12(18)5-14(13)19-9-20-15/h3-5,9-11H,6-8H2,1-2H3,(H,19,20,21)/t10-,11?,17?/m1/s1. The SMILES string of the molecule is C[C@@H](Nc1ncnc2cc(Cl)ccc12)C(=O)N1CC2CC1(C)C2. The van der Waals surface area contributed by atoms with Crippen molar-refractivity contribution in [3.05, 3.63) is 29.5 Å². The Morgan fingerprint density at radius 3 is 2.91 bits per heavy atom. The van der Waals surface area contributed by atoms with E-state index < -0.39 is 0 Å². The second-order valence-corrected chi connectivity index (χ2v) is 7.41. The van der Waals surface area contributed by atoms with Crippen LogP contribution < -0.4 is 5.32 Å². The molecule has 3 heterocycles. The number of carbonyl (C=O) groups excluding carboxylic acids is 1. The number of nitrogens with zero attached hydrogens (tertiary/aromatic N) is 3. The Hall–Kier alpha value is -1.88. The fourth-order valence-corrected chi connectivity index (χ4v) is 4.18. The maximum Gasteiger partial charge on any atom is 0.245 e. The zero-order chi connectivity index (χ0) is 16.2. The van der Waals surface area contributed by atoms with E-state index in [0.29, 0.717) is 16.8 Å². The van der Waals surface area contributed by atoms with Crippen LogP contribution in [0.4, 0.5) is 5.82 Å². The topological polar surface area (TPSA) is 58.1 Å². The molecule has 3 aliphatic rings. The van der Waals surface area contributed by atoms with Gasteiger partial charge >= 0.3 is 0 Å². The highest BCUT2D eigenvalue weighted by Gasteiger charge is 2.54. The van der Waals surface area contributed by atoms with E-state index >= 15 is 0 Å². The molecule has 0 unspecified atom stereocenters. The third kappa shape index (κ3) is 2.34. The lowest BCUT2D eigenvalue weighted by Gasteiger charge is -2.39. The maximum atomic E-state index is 12.8. The molecule has 1 atom stereocenters. The van der Waals surface area contributed by atoms with Crippen LogP contribution in [0.2, 0.25) is 5.02 Å². The Balaban J connectivity index is 1.57. The molecule has 6 heteroatoms. The number of hydrogen-bond donors (Lipinski definition) is 1. The lowest BCUT2D eigenvalue weighted by Crippen LogP contribution is -2.50. The van der Waals surface area contributed by atoms with Crippen LogP contribution in [0.25, 0.3) is 10.9 Å². The van der Waals surface area contributed by atoms with Crippen molar-refractivity contribution in [2.45, 2.75) is 38.3 Å². The van der Waals surface area contributed by atoms with Gasteiger partial charge in [-0.3, -0.25) is 4.79 Å². The first-order chi connectivity index (χ1) is 11.0. The van der Waals surface area contributed by atoms with Gasteiger partial charge in [-0.05, 0) is 50.8 Å². The van der Waals surface area contributed by atoms with Gasteiger partial charge in [0.2, 0.25) is 5.91 Å². The molecule has 0 spiro atoms. The van der Waals surface area contributed by atoms with Crippen LogP contribution in [0.5, 0.6) is 0 Å². The Morgan fingerprint density at radius 1 is 1.43 bits per heavy atom. The van der Waals surface area contributed by atoms with E-state index in [2.05, 4.69) is 22.2 Å². The van der Waals surface area contributed by atoms with Gasteiger partial charge in [-0.25, -0.2) is 9.97 Å². The third-order valence-electron chi connectivity index (χ3n) is 5.14. The molecule has 1 N–H and O–H groups in total. The lowest BCUT2D eigenvalue weighted by atomic mass is 9.75. The molecule has 1 saturated carbocycles. The highest BCUT2D eigenvalue weighted by molar-refractivity contribution is 6.31. The molecule has 120 valence electrons. The molecular weight excluding hydrogens is 312 g/mol. The van der Waals surface area contributed by atoms with Gasteiger partial charge in [0.25, 0.3) is 0 Å². The number of halogens is 1. The van der Waals surface area contributed by atoms with Crippen LogP contribution in [0.3, 0.4) is 0 Å². The molecule has 1 aromatic heterocycles. The number of benzene rings is 1. The van der Waals surface area contributed by atoms with Crippen molar-refractivity contribution in [3.63, 3.8) is 0 Å². The van der Waals surface area contributed by atoms with Gasteiger partial charge in [-0.15, -0.1) is 0 Å². The molecule has 23 heavy (non-hydrogen) atoms. The van der Waals surface area contributed by atoms with Gasteiger partial charge in [0, 0.05) is 22.5 Å². The minimum atomic E-state index is -0.319. The van der Waals surface area contributed by atoms with Crippen LogP contribution >= 0.6 is 11.6 Å². The fourth-order valence-electron chi connectivity index (χ4n) is 4.01. The Morgan fingerprint density at radius 2 is 2.22 bits per heavy atom. The molecule has 0 radical (unpaired) electrons. The van der Waals surface area contributed by atoms with Gasteiger partial charge < -0.3 is 10.2 Å². The van der Waals surface area contributed by atoms with Crippen molar-refractivity contribution >= 4 is 34.2 Å². The number of nitrogens with one attached hydrogen (secondary N) is 1. The zero-order valence-electron chi connectivity index (χ0n) is 13.2. The van der Waals surface area contributed by atoms with E-state index in [9.17, 15) is 4.79 Å². The van der Waals surface area contributed by atoms with E-state index in [-0.39, 0.29) is 17.5 Å². The average molecular weight is 331 g/mol. The summed E-state index contributed by atoms with van der Waals surface area (Å²) >= 11 is 6.01. The summed E-state index contributed by atoms with van der Waals surface area (Å²) in [5, 5.41) is 4.76. The molecule has 1 aliphatic carbocycles. The summed E-state index contributed by atoms with van der Waals surface area (Å²) in [5.41, 5.74) is 0.837. The minimum absolute atomic E-state index is 0.0684. The van der Waals surface area contributed by atoms with Crippen LogP contribution in [0, 0.1) is 5.92 Å². The van der Waals surface area contributed by atoms with E-state index in [0.717, 1.165) is 30.3 Å². The normalized spacial score (nSPS) is 26.9. The Kier molecular flexibility index (Phi) is 3.23. The number of carbonyl (C=O) groups is 1. The molecule has 2 saturated heterocycles. The predicted octanol–water partition coefficient (Wildman–Crippen LogP) is 3.09. The summed E-state index contributed by atoms with van der Waals surface area (Å²) in [6, 6.07) is 5.17. The summed E-state index contributed by atoms with van der Waals surface area (Å²) < 4.78 is 0. The maximum absolute atomic E-state index is 12.8. The van der Waals surface area contributed by atoms with E-state index in [4.69, 9.17) is 11.6 Å². The molecular formula is C17H19ClN4O. The number of anilines is 1. The van der Waals surface area contributed by atoms with E-state index in [1.807, 2.05) is 17.9 Å². The molecule has 2 bridgehead atoms. The van der Waals surface area contributed by atoms with Crippen LogP contribution in [-0.2, 0) is 4.79 Å². The Bertz CT molecular complexity index is 787. The Labute approximate surface area is 140 Å². The van der Waals surface area contributed by atoms with Crippen LogP contribution in [0.15, 0.2) is 24.5 Å². The molecule has 1 aromatic carbocycles. The molecule has 2 aromatic rings. The number of fused-ring (bicyclic) bond motifs is 2. The molecule has 1 amide bonds. The predicted molar refractivity (Wildman–Crippen MR) is 90.5 cm³/mol. The van der Waals surface area contributed by atoms with Gasteiger partial charge in [0.05, 0.1) is 5.52 Å². The molecule has 3 fully saturated rings. The van der Waals surface area contributed by atoms with Crippen molar-refractivity contribution in [2.24, 2.45) is 5.92 Å². The first kappa shape index (κ1) is 14.7. The number of hydrogen-bond acceptors (Lipinski definition) is 4. The van der Waals surface area contributed by atoms with Crippen molar-refractivity contribution < 1.29 is 4.79 Å². The highest BCUT2D eigenvalue weighted by Crippen LogP contribution is 2.50. The number of amides is 1. The first-order valence-corrected chi connectivity index (χ1v) is 8.32. The van der Waals surface area contributed by atoms with Crippen molar-refractivity contribution in [2.75, 3.05) is 11.9 Å². The molecule has 5 nitrogen and oxygen atoms in total. The zero-order valence-corrected chi connectivity index (χ0v) is 14.0. The second-order valence-electron chi connectivity index (χ2n) is 6.97. The summed E-state index contributed by atoms with van der Waals surface area (Å²) in [4.78, 5) is 23.3. The van der Waals surface area contributed by atoms with Crippen molar-refractivity contribution in [1.82, 2.24) is 14.9 Å². The molecule has 5 rings (SSSR count). The highest BCUT2D eigenvalue weighted by atomic mass is 35.5. The van der Waals surface area contributed by atoms with Crippen LogP contribution in [-0.4, -0.2) is 38.9 Å².